The Labute approximate surface area is 253 Å². The minimum atomic E-state index is -4.84. The molecule has 4 N–H and O–H groups in total. The van der Waals surface area contributed by atoms with Crippen LogP contribution in [0, 0.1) is 11.3 Å². The lowest BCUT2D eigenvalue weighted by atomic mass is 9.85. The molecule has 2 aromatic carbocycles. The molecular formula is C31H37F3N6O4. The summed E-state index contributed by atoms with van der Waals surface area (Å²) in [5.41, 5.74) is 6.45. The van der Waals surface area contributed by atoms with Crippen molar-refractivity contribution in [2.24, 2.45) is 17.1 Å². The van der Waals surface area contributed by atoms with E-state index < -0.39 is 30.0 Å². The number of likely N-dealkylation sites (N-methyl/N-ethyl adjacent to an activating group) is 1. The first-order chi connectivity index (χ1) is 20.9. The highest BCUT2D eigenvalue weighted by atomic mass is 19.4. The Morgan fingerprint density at radius 3 is 2.41 bits per heavy atom. The van der Waals surface area contributed by atoms with Crippen LogP contribution in [-0.2, 0) is 20.8 Å². The lowest BCUT2D eigenvalue weighted by Crippen LogP contribution is -2.49. The summed E-state index contributed by atoms with van der Waals surface area (Å²) in [7, 11) is 0. The van der Waals surface area contributed by atoms with E-state index in [9.17, 15) is 27.6 Å². The van der Waals surface area contributed by atoms with Crippen LogP contribution in [0.15, 0.2) is 54.6 Å². The fourth-order valence-electron chi connectivity index (χ4n) is 5.19. The average molecular weight is 615 g/mol. The Hall–Kier alpha value is -4.26. The maximum absolute atomic E-state index is 13.7. The normalized spacial score (nSPS) is 15.2. The summed E-state index contributed by atoms with van der Waals surface area (Å²) in [6, 6.07) is 12.9. The monoisotopic (exact) mass is 614 g/mol. The molecule has 10 nitrogen and oxygen atoms in total. The molecule has 3 amide bonds. The van der Waals surface area contributed by atoms with Crippen LogP contribution < -0.4 is 21.1 Å². The summed E-state index contributed by atoms with van der Waals surface area (Å²) >= 11 is 0. The number of carbonyl (C=O) groups excluding carboxylic acids is 3. The maximum atomic E-state index is 13.7. The predicted octanol–water partition coefficient (Wildman–Crippen LogP) is 4.20. The molecule has 0 spiro atoms. The molecular weight excluding hydrogens is 577 g/mol. The third-order valence-electron chi connectivity index (χ3n) is 7.95. The topological polar surface area (TPSA) is 140 Å². The lowest BCUT2D eigenvalue weighted by Gasteiger charge is -2.27. The number of amides is 3. The van der Waals surface area contributed by atoms with Crippen molar-refractivity contribution >= 4 is 34.4 Å². The molecule has 0 saturated heterocycles. The van der Waals surface area contributed by atoms with Gasteiger partial charge in [0.25, 0.3) is 0 Å². The van der Waals surface area contributed by atoms with E-state index in [0.29, 0.717) is 37.1 Å². The van der Waals surface area contributed by atoms with Crippen LogP contribution in [0.25, 0.3) is 10.9 Å². The minimum Gasteiger partial charge on any atom is -0.406 e. The minimum absolute atomic E-state index is 0.0205. The molecule has 1 fully saturated rings. The first-order valence-corrected chi connectivity index (χ1v) is 14.6. The largest absolute Gasteiger partial charge is 0.573 e. The number of carbonyl (C=O) groups is 3. The summed E-state index contributed by atoms with van der Waals surface area (Å²) < 4.78 is 41.9. The van der Waals surface area contributed by atoms with E-state index in [4.69, 9.17) is 5.73 Å². The van der Waals surface area contributed by atoms with Crippen molar-refractivity contribution in [3.8, 4) is 5.75 Å². The number of nitrogens with one attached hydrogen (secondary N) is 2. The van der Waals surface area contributed by atoms with E-state index >= 15 is 0 Å². The molecule has 0 bridgehead atoms. The second-order valence-electron chi connectivity index (χ2n) is 11.2. The van der Waals surface area contributed by atoms with Crippen LogP contribution in [0.4, 0.5) is 19.0 Å². The zero-order chi connectivity index (χ0) is 31.9. The van der Waals surface area contributed by atoms with Crippen LogP contribution in [0.3, 0.4) is 0 Å². The molecule has 0 aliphatic heterocycles. The molecule has 236 valence electrons. The van der Waals surface area contributed by atoms with Crippen molar-refractivity contribution in [2.75, 3.05) is 25.0 Å². The Bertz CT molecular complexity index is 1460. The number of hydrogen-bond donors (Lipinski definition) is 3. The number of hydrogen-bond acceptors (Lipinski definition) is 7. The molecule has 4 rings (SSSR count). The van der Waals surface area contributed by atoms with E-state index in [1.807, 2.05) is 32.0 Å². The van der Waals surface area contributed by atoms with Crippen molar-refractivity contribution in [1.29, 1.82) is 0 Å². The molecule has 1 saturated carbocycles. The Balaban J connectivity index is 1.53. The zero-order valence-corrected chi connectivity index (χ0v) is 24.7. The molecule has 1 aliphatic carbocycles. The Morgan fingerprint density at radius 1 is 1.07 bits per heavy atom. The van der Waals surface area contributed by atoms with E-state index in [-0.39, 0.29) is 35.9 Å². The van der Waals surface area contributed by atoms with Crippen molar-refractivity contribution in [2.45, 2.75) is 58.4 Å². The standard InChI is InChI=1S/C31H37F3N6O4/c1-3-40(17-16-35)27(41)13-12-23(30(2)14-15-30)28(42)36-25(18-20-8-10-22(11-9-20)44-31(32,33)34)29(43)37-26-19-21-6-4-5-7-24(21)38-39-26/h4-11,19,23,25H,3,12-18,35H2,1-2H3,(H,36,42)(H,37,39,43)/t23-,25+/m0/s1. The number of anilines is 1. The summed E-state index contributed by atoms with van der Waals surface area (Å²) in [5, 5.41) is 14.5. The van der Waals surface area contributed by atoms with E-state index in [0.717, 1.165) is 30.4 Å². The van der Waals surface area contributed by atoms with Gasteiger partial charge in [-0.25, -0.2) is 0 Å². The van der Waals surface area contributed by atoms with Gasteiger partial charge >= 0.3 is 6.36 Å². The van der Waals surface area contributed by atoms with Gasteiger partial charge in [0, 0.05) is 43.8 Å². The van der Waals surface area contributed by atoms with E-state index in [1.54, 1.807) is 17.0 Å². The third-order valence-corrected chi connectivity index (χ3v) is 7.95. The fourth-order valence-corrected chi connectivity index (χ4v) is 5.19. The van der Waals surface area contributed by atoms with E-state index in [1.165, 1.54) is 12.1 Å². The number of nitrogens with two attached hydrogens (primary N) is 1. The first-order valence-electron chi connectivity index (χ1n) is 14.6. The number of ether oxygens (including phenoxy) is 1. The van der Waals surface area contributed by atoms with Crippen LogP contribution in [0.5, 0.6) is 5.75 Å². The fraction of sp³-hybridized carbons (Fsp3) is 0.452. The molecule has 0 radical (unpaired) electrons. The highest BCUT2D eigenvalue weighted by Crippen LogP contribution is 2.53. The van der Waals surface area contributed by atoms with Crippen molar-refractivity contribution in [3.63, 3.8) is 0 Å². The molecule has 44 heavy (non-hydrogen) atoms. The van der Waals surface area contributed by atoms with Crippen molar-refractivity contribution in [3.05, 3.63) is 60.2 Å². The predicted molar refractivity (Wildman–Crippen MR) is 158 cm³/mol. The molecule has 3 aromatic rings. The lowest BCUT2D eigenvalue weighted by molar-refractivity contribution is -0.274. The second kappa shape index (κ2) is 14.0. The summed E-state index contributed by atoms with van der Waals surface area (Å²) in [4.78, 5) is 41.8. The van der Waals surface area contributed by atoms with Gasteiger partial charge in [0.1, 0.15) is 11.8 Å². The summed E-state index contributed by atoms with van der Waals surface area (Å²) in [6.07, 6.45) is -2.78. The van der Waals surface area contributed by atoms with Gasteiger partial charge < -0.3 is 26.0 Å². The van der Waals surface area contributed by atoms with Crippen LogP contribution >= 0.6 is 0 Å². The van der Waals surface area contributed by atoms with Crippen LogP contribution in [-0.4, -0.2) is 64.9 Å². The molecule has 1 heterocycles. The number of fused-ring (bicyclic) bond motifs is 1. The SMILES string of the molecule is CCN(CCN)C(=O)CC[C@@H](C(=O)N[C@H](Cc1ccc(OC(F)(F)F)cc1)C(=O)Nc1cc2ccccc2nn1)C1(C)CC1. The molecule has 1 aromatic heterocycles. The van der Waals surface area contributed by atoms with Crippen molar-refractivity contribution in [1.82, 2.24) is 20.4 Å². The smallest absolute Gasteiger partial charge is 0.406 e. The number of rotatable bonds is 14. The average Bonchev–Trinajstić information content (AvgIpc) is 3.73. The molecule has 0 unspecified atom stereocenters. The van der Waals surface area contributed by atoms with Gasteiger partial charge in [0.15, 0.2) is 5.82 Å². The van der Waals surface area contributed by atoms with Gasteiger partial charge in [-0.15, -0.1) is 23.4 Å². The molecule has 13 heteroatoms. The summed E-state index contributed by atoms with van der Waals surface area (Å²) in [5.74, 6) is -1.79. The Kier molecular flexibility index (Phi) is 10.4. The number of nitrogens with zero attached hydrogens (tertiary/aromatic N) is 3. The number of aromatic nitrogens is 2. The number of halogens is 3. The summed E-state index contributed by atoms with van der Waals surface area (Å²) in [6.45, 7) is 5.12. The maximum Gasteiger partial charge on any atom is 0.573 e. The van der Waals surface area contributed by atoms with Gasteiger partial charge in [-0.3, -0.25) is 14.4 Å². The first kappa shape index (κ1) is 32.6. The van der Waals surface area contributed by atoms with Crippen molar-refractivity contribution < 1.29 is 32.3 Å². The van der Waals surface area contributed by atoms with Gasteiger partial charge in [-0.2, -0.15) is 0 Å². The van der Waals surface area contributed by atoms with E-state index in [2.05, 4.69) is 25.6 Å². The van der Waals surface area contributed by atoms with Gasteiger partial charge in [-0.1, -0.05) is 37.3 Å². The zero-order valence-electron chi connectivity index (χ0n) is 24.7. The Morgan fingerprint density at radius 2 is 1.77 bits per heavy atom. The molecule has 1 aliphatic rings. The highest BCUT2D eigenvalue weighted by Gasteiger charge is 2.48. The highest BCUT2D eigenvalue weighted by molar-refractivity contribution is 5.98. The van der Waals surface area contributed by atoms with Gasteiger partial charge in [0.05, 0.1) is 5.52 Å². The van der Waals surface area contributed by atoms with Crippen LogP contribution in [0.1, 0.15) is 45.1 Å². The quantitative estimate of drug-likeness (QED) is 0.247. The van der Waals surface area contributed by atoms with Crippen LogP contribution in [0.2, 0.25) is 0 Å². The third kappa shape index (κ3) is 8.88. The van der Waals surface area contributed by atoms with Gasteiger partial charge in [-0.05, 0) is 61.4 Å². The van der Waals surface area contributed by atoms with Gasteiger partial charge in [0.2, 0.25) is 17.7 Å². The number of benzene rings is 2. The number of alkyl halides is 3. The second-order valence-corrected chi connectivity index (χ2v) is 11.2. The molecule has 2 atom stereocenters.